The van der Waals surface area contributed by atoms with Gasteiger partial charge in [-0.2, -0.15) is 4.31 Å². The van der Waals surface area contributed by atoms with E-state index in [0.717, 1.165) is 50.3 Å². The van der Waals surface area contributed by atoms with Crippen LogP contribution in [-0.2, 0) is 15.8 Å². The molecule has 142 valence electrons. The molecule has 0 aliphatic carbocycles. The number of halogens is 1. The molecule has 0 radical (unpaired) electrons. The largest absolute Gasteiger partial charge is 0.315 e. The number of hydrogen-bond donors (Lipinski definition) is 1. The van der Waals surface area contributed by atoms with Crippen molar-refractivity contribution in [3.8, 4) is 0 Å². The average molecular weight is 388 g/mol. The molecular formula is C18H30ClN3O2S. The van der Waals surface area contributed by atoms with Gasteiger partial charge in [0.25, 0.3) is 0 Å². The lowest BCUT2D eigenvalue weighted by molar-refractivity contribution is 0.265. The molecule has 1 atom stereocenters. The molecule has 0 bridgehead atoms. The lowest BCUT2D eigenvalue weighted by Gasteiger charge is -2.29. The Morgan fingerprint density at radius 2 is 1.88 bits per heavy atom. The van der Waals surface area contributed by atoms with E-state index < -0.39 is 10.0 Å². The standard InChI is InChI=1S/C18H29N3O2S.ClH/c1-16-4-6-17(7-5-16)15-24(22,23)21(18-8-9-19-14-18)13-12-20-10-2-3-11-20;/h4-7,18-19H,2-3,8-15H2,1H3;1H. The molecule has 0 spiro atoms. The van der Waals surface area contributed by atoms with E-state index in [1.165, 1.54) is 12.8 Å². The zero-order valence-corrected chi connectivity index (χ0v) is 16.6. The Morgan fingerprint density at radius 3 is 2.48 bits per heavy atom. The van der Waals surface area contributed by atoms with Gasteiger partial charge in [0, 0.05) is 25.7 Å². The Bertz CT molecular complexity index is 624. The monoisotopic (exact) mass is 387 g/mol. The lowest BCUT2D eigenvalue weighted by Crippen LogP contribution is -2.45. The summed E-state index contributed by atoms with van der Waals surface area (Å²) in [5, 5.41) is 3.30. The van der Waals surface area contributed by atoms with Crippen molar-refractivity contribution >= 4 is 22.4 Å². The molecule has 2 heterocycles. The Kier molecular flexibility index (Phi) is 7.70. The molecule has 2 aliphatic heterocycles. The molecule has 1 unspecified atom stereocenters. The first-order chi connectivity index (χ1) is 11.5. The second-order valence-electron chi connectivity index (χ2n) is 7.05. The maximum Gasteiger partial charge on any atom is 0.218 e. The molecule has 7 heteroatoms. The van der Waals surface area contributed by atoms with Crippen LogP contribution in [0.2, 0.25) is 0 Å². The topological polar surface area (TPSA) is 52.7 Å². The Morgan fingerprint density at radius 1 is 1.20 bits per heavy atom. The summed E-state index contributed by atoms with van der Waals surface area (Å²) in [5.41, 5.74) is 2.03. The fourth-order valence-electron chi connectivity index (χ4n) is 3.66. The number of nitrogens with one attached hydrogen (secondary N) is 1. The smallest absolute Gasteiger partial charge is 0.218 e. The minimum Gasteiger partial charge on any atom is -0.315 e. The van der Waals surface area contributed by atoms with Gasteiger partial charge in [0.1, 0.15) is 0 Å². The van der Waals surface area contributed by atoms with Crippen LogP contribution in [0.5, 0.6) is 0 Å². The summed E-state index contributed by atoms with van der Waals surface area (Å²) in [7, 11) is -3.30. The SMILES string of the molecule is Cc1ccc(CS(=O)(=O)N(CCN2CCCC2)C2CCNC2)cc1.Cl. The van der Waals surface area contributed by atoms with Crippen LogP contribution in [0, 0.1) is 6.92 Å². The van der Waals surface area contributed by atoms with E-state index in [1.807, 2.05) is 31.2 Å². The predicted molar refractivity (Wildman–Crippen MR) is 105 cm³/mol. The Hall–Kier alpha value is -0.660. The molecule has 2 fully saturated rings. The highest BCUT2D eigenvalue weighted by atomic mass is 35.5. The highest BCUT2D eigenvalue weighted by molar-refractivity contribution is 7.88. The molecule has 1 aromatic rings. The Labute approximate surface area is 158 Å². The van der Waals surface area contributed by atoms with Gasteiger partial charge in [-0.3, -0.25) is 0 Å². The van der Waals surface area contributed by atoms with E-state index in [0.29, 0.717) is 6.54 Å². The van der Waals surface area contributed by atoms with Crippen LogP contribution in [0.4, 0.5) is 0 Å². The first-order valence-corrected chi connectivity index (χ1v) is 10.6. The van der Waals surface area contributed by atoms with Gasteiger partial charge >= 0.3 is 0 Å². The highest BCUT2D eigenvalue weighted by Gasteiger charge is 2.32. The molecule has 3 rings (SSSR count). The second-order valence-corrected chi connectivity index (χ2v) is 8.97. The minimum absolute atomic E-state index is 0. The summed E-state index contributed by atoms with van der Waals surface area (Å²) in [6.45, 7) is 7.37. The summed E-state index contributed by atoms with van der Waals surface area (Å²) in [6, 6.07) is 7.92. The van der Waals surface area contributed by atoms with Gasteiger partial charge in [0.05, 0.1) is 5.75 Å². The van der Waals surface area contributed by atoms with Crippen LogP contribution in [0.3, 0.4) is 0 Å². The summed E-state index contributed by atoms with van der Waals surface area (Å²) in [5.74, 6) is 0.101. The number of nitrogens with zero attached hydrogens (tertiary/aromatic N) is 2. The van der Waals surface area contributed by atoms with Gasteiger partial charge in [0.15, 0.2) is 0 Å². The van der Waals surface area contributed by atoms with E-state index in [4.69, 9.17) is 0 Å². The third-order valence-electron chi connectivity index (χ3n) is 5.10. The van der Waals surface area contributed by atoms with E-state index in [1.54, 1.807) is 4.31 Å². The van der Waals surface area contributed by atoms with E-state index in [9.17, 15) is 8.42 Å². The number of rotatable bonds is 7. The molecule has 0 aromatic heterocycles. The van der Waals surface area contributed by atoms with Crippen molar-refractivity contribution in [3.63, 3.8) is 0 Å². The first-order valence-electron chi connectivity index (χ1n) is 9.03. The van der Waals surface area contributed by atoms with E-state index in [2.05, 4.69) is 10.2 Å². The van der Waals surface area contributed by atoms with Crippen molar-refractivity contribution in [2.24, 2.45) is 0 Å². The van der Waals surface area contributed by atoms with Crippen molar-refractivity contribution in [2.45, 2.75) is 38.0 Å². The number of benzene rings is 1. The molecular weight excluding hydrogens is 358 g/mol. The molecule has 2 aliphatic rings. The van der Waals surface area contributed by atoms with Crippen molar-refractivity contribution in [1.29, 1.82) is 0 Å². The average Bonchev–Trinajstić information content (AvgIpc) is 3.23. The van der Waals surface area contributed by atoms with Crippen LogP contribution in [-0.4, -0.2) is 62.9 Å². The first kappa shape index (κ1) is 20.6. The predicted octanol–water partition coefficient (Wildman–Crippen LogP) is 2.01. The maximum absolute atomic E-state index is 13.1. The van der Waals surface area contributed by atoms with Gasteiger partial charge in [-0.15, -0.1) is 12.4 Å². The second kappa shape index (κ2) is 9.33. The highest BCUT2D eigenvalue weighted by Crippen LogP contribution is 2.19. The maximum atomic E-state index is 13.1. The van der Waals surface area contributed by atoms with Crippen LogP contribution in [0.25, 0.3) is 0 Å². The molecule has 2 saturated heterocycles. The van der Waals surface area contributed by atoms with Crippen molar-refractivity contribution < 1.29 is 8.42 Å². The lowest BCUT2D eigenvalue weighted by atomic mass is 10.2. The zero-order chi connectivity index (χ0) is 17.0. The van der Waals surface area contributed by atoms with Crippen LogP contribution in [0.1, 0.15) is 30.4 Å². The summed E-state index contributed by atoms with van der Waals surface area (Å²) < 4.78 is 27.9. The molecule has 5 nitrogen and oxygen atoms in total. The number of likely N-dealkylation sites (tertiary alicyclic amines) is 1. The Balaban J connectivity index is 0.00000225. The fraction of sp³-hybridized carbons (Fsp3) is 0.667. The normalized spacial score (nSPS) is 21.6. The molecule has 1 N–H and O–H groups in total. The van der Waals surface area contributed by atoms with Gasteiger partial charge in [-0.25, -0.2) is 8.42 Å². The van der Waals surface area contributed by atoms with E-state index >= 15 is 0 Å². The van der Waals surface area contributed by atoms with Crippen molar-refractivity contribution in [1.82, 2.24) is 14.5 Å². The summed E-state index contributed by atoms with van der Waals surface area (Å²) in [6.07, 6.45) is 3.38. The quantitative estimate of drug-likeness (QED) is 0.777. The summed E-state index contributed by atoms with van der Waals surface area (Å²) in [4.78, 5) is 2.39. The zero-order valence-electron chi connectivity index (χ0n) is 15.0. The van der Waals surface area contributed by atoms with E-state index in [-0.39, 0.29) is 24.2 Å². The number of hydrogen-bond acceptors (Lipinski definition) is 4. The van der Waals surface area contributed by atoms with Gasteiger partial charge in [0.2, 0.25) is 10.0 Å². The number of sulfonamides is 1. The molecule has 25 heavy (non-hydrogen) atoms. The van der Waals surface area contributed by atoms with Crippen LogP contribution >= 0.6 is 12.4 Å². The number of aryl methyl sites for hydroxylation is 1. The van der Waals surface area contributed by atoms with Crippen molar-refractivity contribution in [2.75, 3.05) is 39.3 Å². The van der Waals surface area contributed by atoms with Crippen LogP contribution in [0.15, 0.2) is 24.3 Å². The van der Waals surface area contributed by atoms with Gasteiger partial charge < -0.3 is 10.2 Å². The van der Waals surface area contributed by atoms with Gasteiger partial charge in [-0.05, 0) is 51.4 Å². The molecule has 0 amide bonds. The summed E-state index contributed by atoms with van der Waals surface area (Å²) >= 11 is 0. The molecule has 0 saturated carbocycles. The van der Waals surface area contributed by atoms with Crippen LogP contribution < -0.4 is 5.32 Å². The van der Waals surface area contributed by atoms with Gasteiger partial charge in [-0.1, -0.05) is 29.8 Å². The third kappa shape index (κ3) is 5.66. The minimum atomic E-state index is -3.30. The molecule has 1 aromatic carbocycles. The fourth-order valence-corrected chi connectivity index (χ4v) is 5.43. The van der Waals surface area contributed by atoms with Crippen molar-refractivity contribution in [3.05, 3.63) is 35.4 Å². The third-order valence-corrected chi connectivity index (χ3v) is 7.00.